The van der Waals surface area contributed by atoms with E-state index in [0.717, 1.165) is 11.4 Å². The van der Waals surface area contributed by atoms with Crippen LogP contribution in [-0.2, 0) is 6.54 Å². The van der Waals surface area contributed by atoms with E-state index in [0.29, 0.717) is 17.7 Å². The minimum atomic E-state index is -0.245. The van der Waals surface area contributed by atoms with Crippen LogP contribution in [0.15, 0.2) is 47.6 Å². The Hall–Kier alpha value is -2.89. The van der Waals surface area contributed by atoms with Gasteiger partial charge in [-0.15, -0.1) is 0 Å². The molecule has 1 aromatic heterocycles. The maximum Gasteiger partial charge on any atom is 0.251 e. The SMILES string of the molecule is Cc1cccc(CNC(=O)c2cccc(C(N)=NO)c2)n1. The molecule has 0 saturated carbocycles. The third kappa shape index (κ3) is 3.79. The van der Waals surface area contributed by atoms with Gasteiger partial charge in [0.25, 0.3) is 5.91 Å². The number of hydrogen-bond acceptors (Lipinski definition) is 4. The number of aromatic nitrogens is 1. The molecule has 1 heterocycles. The van der Waals surface area contributed by atoms with Crippen molar-refractivity contribution in [2.24, 2.45) is 10.9 Å². The second-order valence-electron chi connectivity index (χ2n) is 4.52. The first kappa shape index (κ1) is 14.5. The van der Waals surface area contributed by atoms with E-state index in [4.69, 9.17) is 10.9 Å². The number of pyridine rings is 1. The standard InChI is InChI=1S/C15H16N4O2/c1-10-4-2-7-13(18-10)9-17-15(20)12-6-3-5-11(8-12)14(16)19-21/h2-8,21H,9H2,1H3,(H2,16,19)(H,17,20). The van der Waals surface area contributed by atoms with Crippen molar-refractivity contribution in [1.82, 2.24) is 10.3 Å². The predicted molar refractivity (Wildman–Crippen MR) is 79.1 cm³/mol. The Labute approximate surface area is 122 Å². The lowest BCUT2D eigenvalue weighted by atomic mass is 10.1. The van der Waals surface area contributed by atoms with Crippen LogP contribution in [0.4, 0.5) is 0 Å². The average molecular weight is 284 g/mol. The van der Waals surface area contributed by atoms with Gasteiger partial charge in [0.15, 0.2) is 5.84 Å². The van der Waals surface area contributed by atoms with Crippen molar-refractivity contribution < 1.29 is 10.0 Å². The lowest BCUT2D eigenvalue weighted by Crippen LogP contribution is -2.24. The minimum absolute atomic E-state index is 0.0370. The number of amides is 1. The quantitative estimate of drug-likeness (QED) is 0.342. The van der Waals surface area contributed by atoms with Gasteiger partial charge in [0.2, 0.25) is 0 Å². The Morgan fingerprint density at radius 2 is 2.00 bits per heavy atom. The fourth-order valence-corrected chi connectivity index (χ4v) is 1.85. The van der Waals surface area contributed by atoms with Crippen LogP contribution in [-0.4, -0.2) is 21.9 Å². The molecule has 6 heteroatoms. The molecule has 2 rings (SSSR count). The molecule has 0 aliphatic rings. The molecule has 1 aromatic carbocycles. The molecule has 1 amide bonds. The van der Waals surface area contributed by atoms with Crippen molar-refractivity contribution in [3.05, 3.63) is 65.0 Å². The van der Waals surface area contributed by atoms with Crippen molar-refractivity contribution in [2.45, 2.75) is 13.5 Å². The number of carbonyl (C=O) groups is 1. The van der Waals surface area contributed by atoms with Crippen LogP contribution in [0.5, 0.6) is 0 Å². The summed E-state index contributed by atoms with van der Waals surface area (Å²) in [5.74, 6) is -0.282. The number of nitrogens with one attached hydrogen (secondary N) is 1. The monoisotopic (exact) mass is 284 g/mol. The van der Waals surface area contributed by atoms with Crippen LogP contribution in [0.25, 0.3) is 0 Å². The summed E-state index contributed by atoms with van der Waals surface area (Å²) in [6.45, 7) is 2.24. The van der Waals surface area contributed by atoms with E-state index in [-0.39, 0.29) is 11.7 Å². The largest absolute Gasteiger partial charge is 0.409 e. The molecule has 0 atom stereocenters. The van der Waals surface area contributed by atoms with Gasteiger partial charge in [0.1, 0.15) is 0 Å². The van der Waals surface area contributed by atoms with Gasteiger partial charge in [-0.05, 0) is 31.2 Å². The topological polar surface area (TPSA) is 101 Å². The molecule has 21 heavy (non-hydrogen) atoms. The van der Waals surface area contributed by atoms with E-state index in [9.17, 15) is 4.79 Å². The fraction of sp³-hybridized carbons (Fsp3) is 0.133. The highest BCUT2D eigenvalue weighted by atomic mass is 16.4. The molecular weight excluding hydrogens is 268 g/mol. The lowest BCUT2D eigenvalue weighted by Gasteiger charge is -2.07. The number of benzene rings is 1. The summed E-state index contributed by atoms with van der Waals surface area (Å²) >= 11 is 0. The van der Waals surface area contributed by atoms with Crippen molar-refractivity contribution in [2.75, 3.05) is 0 Å². The van der Waals surface area contributed by atoms with Crippen LogP contribution in [0.1, 0.15) is 27.3 Å². The van der Waals surface area contributed by atoms with Gasteiger partial charge in [0.05, 0.1) is 12.2 Å². The van der Waals surface area contributed by atoms with Gasteiger partial charge >= 0.3 is 0 Å². The zero-order chi connectivity index (χ0) is 15.2. The summed E-state index contributed by atoms with van der Waals surface area (Å²) in [7, 11) is 0. The molecular formula is C15H16N4O2. The van der Waals surface area contributed by atoms with Crippen LogP contribution >= 0.6 is 0 Å². The van der Waals surface area contributed by atoms with Gasteiger partial charge in [0, 0.05) is 16.8 Å². The molecule has 2 aromatic rings. The van der Waals surface area contributed by atoms with Crippen molar-refractivity contribution in [3.63, 3.8) is 0 Å². The van der Waals surface area contributed by atoms with Crippen LogP contribution in [0.3, 0.4) is 0 Å². The number of carbonyl (C=O) groups excluding carboxylic acids is 1. The number of rotatable bonds is 4. The molecule has 4 N–H and O–H groups in total. The number of aryl methyl sites for hydroxylation is 1. The van der Waals surface area contributed by atoms with Gasteiger partial charge < -0.3 is 16.3 Å². The van der Waals surface area contributed by atoms with Crippen LogP contribution in [0.2, 0.25) is 0 Å². The number of hydrogen-bond donors (Lipinski definition) is 3. The fourth-order valence-electron chi connectivity index (χ4n) is 1.85. The third-order valence-corrected chi connectivity index (χ3v) is 2.90. The van der Waals surface area contributed by atoms with Gasteiger partial charge in [-0.2, -0.15) is 0 Å². The van der Waals surface area contributed by atoms with E-state index in [1.54, 1.807) is 24.3 Å². The summed E-state index contributed by atoms with van der Waals surface area (Å²) in [4.78, 5) is 16.4. The molecule has 0 fully saturated rings. The summed E-state index contributed by atoms with van der Waals surface area (Å²) in [5.41, 5.74) is 8.11. The zero-order valence-electron chi connectivity index (χ0n) is 11.6. The highest BCUT2D eigenvalue weighted by molar-refractivity contribution is 6.01. The van der Waals surface area contributed by atoms with Crippen molar-refractivity contribution in [1.29, 1.82) is 0 Å². The molecule has 6 nitrogen and oxygen atoms in total. The molecule has 0 aliphatic carbocycles. The first-order chi connectivity index (χ1) is 10.1. The zero-order valence-corrected chi connectivity index (χ0v) is 11.6. The average Bonchev–Trinajstić information content (AvgIpc) is 2.52. The van der Waals surface area contributed by atoms with Gasteiger partial charge in [-0.25, -0.2) is 0 Å². The van der Waals surface area contributed by atoms with Crippen molar-refractivity contribution in [3.8, 4) is 0 Å². The predicted octanol–water partition coefficient (Wildman–Crippen LogP) is 1.41. The van der Waals surface area contributed by atoms with E-state index in [2.05, 4.69) is 15.5 Å². The molecule has 0 saturated heterocycles. The highest BCUT2D eigenvalue weighted by Crippen LogP contribution is 2.06. The Morgan fingerprint density at radius 3 is 2.71 bits per heavy atom. The molecule has 0 bridgehead atoms. The van der Waals surface area contributed by atoms with Gasteiger partial charge in [-0.1, -0.05) is 23.4 Å². The summed E-state index contributed by atoms with van der Waals surface area (Å²) in [5, 5.41) is 14.3. The van der Waals surface area contributed by atoms with Crippen LogP contribution in [0, 0.1) is 6.92 Å². The molecule has 0 aliphatic heterocycles. The maximum absolute atomic E-state index is 12.1. The van der Waals surface area contributed by atoms with E-state index in [1.165, 1.54) is 0 Å². The first-order valence-corrected chi connectivity index (χ1v) is 6.39. The second-order valence-corrected chi connectivity index (χ2v) is 4.52. The maximum atomic E-state index is 12.1. The van der Waals surface area contributed by atoms with E-state index < -0.39 is 0 Å². The number of amidine groups is 1. The summed E-state index contributed by atoms with van der Waals surface area (Å²) < 4.78 is 0. The van der Waals surface area contributed by atoms with Crippen molar-refractivity contribution >= 4 is 11.7 Å². The van der Waals surface area contributed by atoms with Gasteiger partial charge in [-0.3, -0.25) is 9.78 Å². The summed E-state index contributed by atoms with van der Waals surface area (Å²) in [6.07, 6.45) is 0. The molecule has 0 radical (unpaired) electrons. The molecule has 0 unspecified atom stereocenters. The third-order valence-electron chi connectivity index (χ3n) is 2.90. The Kier molecular flexibility index (Phi) is 4.50. The number of nitrogens with two attached hydrogens (primary N) is 1. The Bertz CT molecular complexity index is 683. The summed E-state index contributed by atoms with van der Waals surface area (Å²) in [6, 6.07) is 12.2. The second kappa shape index (κ2) is 6.51. The number of oxime groups is 1. The highest BCUT2D eigenvalue weighted by Gasteiger charge is 2.08. The van der Waals surface area contributed by atoms with E-state index in [1.807, 2.05) is 25.1 Å². The Morgan fingerprint density at radius 1 is 1.29 bits per heavy atom. The normalized spacial score (nSPS) is 11.2. The first-order valence-electron chi connectivity index (χ1n) is 6.39. The van der Waals surface area contributed by atoms with E-state index >= 15 is 0 Å². The number of nitrogens with zero attached hydrogens (tertiary/aromatic N) is 2. The lowest BCUT2D eigenvalue weighted by molar-refractivity contribution is 0.0950. The molecule has 108 valence electrons. The Balaban J connectivity index is 2.07. The van der Waals surface area contributed by atoms with Crippen LogP contribution < -0.4 is 11.1 Å². The molecule has 0 spiro atoms. The smallest absolute Gasteiger partial charge is 0.251 e. The minimum Gasteiger partial charge on any atom is -0.409 e.